The molecule has 7 heteroatoms. The van der Waals surface area contributed by atoms with E-state index in [2.05, 4.69) is 15.6 Å². The number of hydrogen-bond acceptors (Lipinski definition) is 5. The molecule has 0 unspecified atom stereocenters. The molecule has 0 radical (unpaired) electrons. The number of para-hydroxylation sites is 1. The number of amides is 2. The number of hydrogen-bond donors (Lipinski definition) is 2. The Bertz CT molecular complexity index is 668. The fourth-order valence-corrected chi connectivity index (χ4v) is 2.23. The van der Waals surface area contributed by atoms with Crippen LogP contribution in [0.1, 0.15) is 23.7 Å². The molecule has 0 saturated carbocycles. The number of nitrogens with one attached hydrogen (secondary N) is 2. The van der Waals surface area contributed by atoms with E-state index >= 15 is 0 Å². The van der Waals surface area contributed by atoms with Gasteiger partial charge in [-0.3, -0.25) is 14.4 Å². The van der Waals surface area contributed by atoms with Gasteiger partial charge in [-0.05, 0) is 19.1 Å². The summed E-state index contributed by atoms with van der Waals surface area (Å²) in [5, 5.41) is 7.24. The molecule has 1 heterocycles. The highest BCUT2D eigenvalue weighted by atomic mass is 32.1. The molecule has 0 atom stereocenters. The Morgan fingerprint density at radius 1 is 1.14 bits per heavy atom. The summed E-state index contributed by atoms with van der Waals surface area (Å²) in [6, 6.07) is 6.65. The molecule has 0 saturated heterocycles. The van der Waals surface area contributed by atoms with Crippen LogP contribution in [0.4, 0.5) is 10.8 Å². The lowest BCUT2D eigenvalue weighted by Gasteiger charge is -2.08. The molecule has 2 aromatic rings. The standard InChI is InChI=1S/C14H13N3O3S/c1-9(18)10-4-2-3-5-11(10)16-12(19)8-13(20)17-14-15-6-7-21-14/h2-7H,8H2,1H3,(H,16,19)(H,15,17,20). The van der Waals surface area contributed by atoms with E-state index in [1.165, 1.54) is 18.3 Å². The highest BCUT2D eigenvalue weighted by molar-refractivity contribution is 7.13. The molecule has 1 aromatic heterocycles. The lowest BCUT2D eigenvalue weighted by atomic mass is 10.1. The number of rotatable bonds is 5. The molecule has 6 nitrogen and oxygen atoms in total. The minimum Gasteiger partial charge on any atom is -0.325 e. The van der Waals surface area contributed by atoms with Gasteiger partial charge in [-0.1, -0.05) is 12.1 Å². The van der Waals surface area contributed by atoms with Gasteiger partial charge in [-0.15, -0.1) is 11.3 Å². The van der Waals surface area contributed by atoms with Crippen LogP contribution in [0.2, 0.25) is 0 Å². The Labute approximate surface area is 125 Å². The van der Waals surface area contributed by atoms with Crippen molar-refractivity contribution < 1.29 is 14.4 Å². The second kappa shape index (κ2) is 6.76. The van der Waals surface area contributed by atoms with Crippen LogP contribution in [0.5, 0.6) is 0 Å². The van der Waals surface area contributed by atoms with Crippen molar-refractivity contribution >= 4 is 39.8 Å². The predicted octanol–water partition coefficient (Wildman–Crippen LogP) is 2.31. The number of ketones is 1. The maximum atomic E-state index is 11.8. The van der Waals surface area contributed by atoms with Crippen molar-refractivity contribution in [2.45, 2.75) is 13.3 Å². The fraction of sp³-hybridized carbons (Fsp3) is 0.143. The highest BCUT2D eigenvalue weighted by Crippen LogP contribution is 2.16. The van der Waals surface area contributed by atoms with Gasteiger partial charge in [-0.2, -0.15) is 0 Å². The van der Waals surface area contributed by atoms with Crippen molar-refractivity contribution in [1.29, 1.82) is 0 Å². The monoisotopic (exact) mass is 303 g/mol. The summed E-state index contributed by atoms with van der Waals surface area (Å²) >= 11 is 1.27. The number of carbonyl (C=O) groups is 3. The molecule has 0 aliphatic rings. The first-order chi connectivity index (χ1) is 10.1. The van der Waals surface area contributed by atoms with E-state index in [9.17, 15) is 14.4 Å². The number of aromatic nitrogens is 1. The third kappa shape index (κ3) is 4.22. The molecule has 2 amide bonds. The van der Waals surface area contributed by atoms with Gasteiger partial charge in [0, 0.05) is 17.1 Å². The lowest BCUT2D eigenvalue weighted by molar-refractivity contribution is -0.123. The average molecular weight is 303 g/mol. The van der Waals surface area contributed by atoms with Crippen molar-refractivity contribution in [3.63, 3.8) is 0 Å². The molecule has 0 aliphatic carbocycles. The maximum Gasteiger partial charge on any atom is 0.235 e. The zero-order valence-corrected chi connectivity index (χ0v) is 12.1. The second-order valence-corrected chi connectivity index (χ2v) is 5.11. The van der Waals surface area contributed by atoms with Crippen molar-refractivity contribution in [2.24, 2.45) is 0 Å². The number of nitrogens with zero attached hydrogens (tertiary/aromatic N) is 1. The van der Waals surface area contributed by atoms with Crippen LogP contribution in [0.15, 0.2) is 35.8 Å². The van der Waals surface area contributed by atoms with Gasteiger partial charge in [0.2, 0.25) is 11.8 Å². The summed E-state index contributed by atoms with van der Waals surface area (Å²) in [6.07, 6.45) is 1.22. The first kappa shape index (κ1) is 14.9. The van der Waals surface area contributed by atoms with Gasteiger partial charge in [0.05, 0.1) is 5.69 Å². The topological polar surface area (TPSA) is 88.2 Å². The van der Waals surface area contributed by atoms with Crippen molar-refractivity contribution in [2.75, 3.05) is 10.6 Å². The fourth-order valence-electron chi connectivity index (χ4n) is 1.69. The maximum absolute atomic E-state index is 11.8. The van der Waals surface area contributed by atoms with E-state index < -0.39 is 11.8 Å². The summed E-state index contributed by atoms with van der Waals surface area (Å²) in [5.74, 6) is -1.10. The van der Waals surface area contributed by atoms with Gasteiger partial charge < -0.3 is 10.6 Å². The zero-order valence-electron chi connectivity index (χ0n) is 11.3. The number of carbonyl (C=O) groups excluding carboxylic acids is 3. The molecular weight excluding hydrogens is 290 g/mol. The summed E-state index contributed by atoms with van der Waals surface area (Å²) in [4.78, 5) is 38.8. The largest absolute Gasteiger partial charge is 0.325 e. The van der Waals surface area contributed by atoms with Gasteiger partial charge in [-0.25, -0.2) is 4.98 Å². The van der Waals surface area contributed by atoms with Gasteiger partial charge in [0.25, 0.3) is 0 Å². The molecular formula is C14H13N3O3S. The molecule has 2 rings (SSSR count). The molecule has 21 heavy (non-hydrogen) atoms. The number of benzene rings is 1. The van der Waals surface area contributed by atoms with Crippen LogP contribution >= 0.6 is 11.3 Å². The number of anilines is 2. The molecule has 108 valence electrons. The number of Topliss-reactive ketones (excluding diaryl/α,β-unsaturated/α-hetero) is 1. The van der Waals surface area contributed by atoms with Gasteiger partial charge in [0.15, 0.2) is 10.9 Å². The molecule has 0 aliphatic heterocycles. The van der Waals surface area contributed by atoms with E-state index in [1.807, 2.05) is 0 Å². The highest BCUT2D eigenvalue weighted by Gasteiger charge is 2.13. The van der Waals surface area contributed by atoms with Crippen LogP contribution in [-0.4, -0.2) is 22.6 Å². The molecule has 0 bridgehead atoms. The van der Waals surface area contributed by atoms with Crippen LogP contribution < -0.4 is 10.6 Å². The molecule has 1 aromatic carbocycles. The first-order valence-electron chi connectivity index (χ1n) is 6.15. The van der Waals surface area contributed by atoms with Crippen LogP contribution in [-0.2, 0) is 9.59 Å². The van der Waals surface area contributed by atoms with Gasteiger partial charge >= 0.3 is 0 Å². The van der Waals surface area contributed by atoms with Gasteiger partial charge in [0.1, 0.15) is 6.42 Å². The predicted molar refractivity (Wildman–Crippen MR) is 80.4 cm³/mol. The molecule has 2 N–H and O–H groups in total. The Hall–Kier alpha value is -2.54. The average Bonchev–Trinajstić information content (AvgIpc) is 2.91. The van der Waals surface area contributed by atoms with Crippen LogP contribution in [0.3, 0.4) is 0 Å². The van der Waals surface area contributed by atoms with E-state index in [0.717, 1.165) is 0 Å². The van der Waals surface area contributed by atoms with Crippen molar-refractivity contribution in [3.05, 3.63) is 41.4 Å². The van der Waals surface area contributed by atoms with E-state index in [0.29, 0.717) is 16.4 Å². The SMILES string of the molecule is CC(=O)c1ccccc1NC(=O)CC(=O)Nc1nccs1. The summed E-state index contributed by atoms with van der Waals surface area (Å²) < 4.78 is 0. The minimum atomic E-state index is -0.488. The quantitative estimate of drug-likeness (QED) is 0.655. The van der Waals surface area contributed by atoms with E-state index in [1.54, 1.807) is 35.8 Å². The lowest BCUT2D eigenvalue weighted by Crippen LogP contribution is -2.22. The first-order valence-corrected chi connectivity index (χ1v) is 7.03. The minimum absolute atomic E-state index is 0.155. The third-order valence-corrected chi connectivity index (χ3v) is 3.27. The van der Waals surface area contributed by atoms with Crippen LogP contribution in [0, 0.1) is 0 Å². The van der Waals surface area contributed by atoms with Crippen molar-refractivity contribution in [1.82, 2.24) is 4.98 Å². The molecule has 0 spiro atoms. The Morgan fingerprint density at radius 3 is 2.52 bits per heavy atom. The Balaban J connectivity index is 1.96. The van der Waals surface area contributed by atoms with Crippen molar-refractivity contribution in [3.8, 4) is 0 Å². The summed E-state index contributed by atoms with van der Waals surface area (Å²) in [6.45, 7) is 1.42. The normalized spacial score (nSPS) is 9.95. The Kier molecular flexibility index (Phi) is 4.78. The summed E-state index contributed by atoms with van der Waals surface area (Å²) in [7, 11) is 0. The second-order valence-electron chi connectivity index (χ2n) is 4.21. The smallest absolute Gasteiger partial charge is 0.235 e. The van der Waals surface area contributed by atoms with E-state index in [-0.39, 0.29) is 12.2 Å². The van der Waals surface area contributed by atoms with E-state index in [4.69, 9.17) is 0 Å². The summed E-state index contributed by atoms with van der Waals surface area (Å²) in [5.41, 5.74) is 0.809. The number of thiazole rings is 1. The van der Waals surface area contributed by atoms with Crippen LogP contribution in [0.25, 0.3) is 0 Å². The zero-order chi connectivity index (χ0) is 15.2. The Morgan fingerprint density at radius 2 is 1.86 bits per heavy atom. The third-order valence-electron chi connectivity index (χ3n) is 2.58. The molecule has 0 fully saturated rings.